The Hall–Kier alpha value is -2.05. The van der Waals surface area contributed by atoms with E-state index >= 15 is 0 Å². The fourth-order valence-corrected chi connectivity index (χ4v) is 3.82. The minimum absolute atomic E-state index is 0.0130. The van der Waals surface area contributed by atoms with E-state index in [-0.39, 0.29) is 21.4 Å². The molecule has 1 amide bonds. The van der Waals surface area contributed by atoms with Crippen molar-refractivity contribution < 1.29 is 13.2 Å². The van der Waals surface area contributed by atoms with Crippen molar-refractivity contribution in [2.45, 2.75) is 25.2 Å². The van der Waals surface area contributed by atoms with Crippen LogP contribution in [0.25, 0.3) is 0 Å². The quantitative estimate of drug-likeness (QED) is 0.883. The molecule has 0 aliphatic carbocycles. The van der Waals surface area contributed by atoms with E-state index < -0.39 is 10.0 Å². The summed E-state index contributed by atoms with van der Waals surface area (Å²) >= 11 is 6.10. The molecule has 0 bridgehead atoms. The molecule has 0 spiro atoms. The van der Waals surface area contributed by atoms with Crippen LogP contribution in [0.5, 0.6) is 0 Å². The third kappa shape index (κ3) is 3.65. The van der Waals surface area contributed by atoms with Gasteiger partial charge in [-0.2, -0.15) is 0 Å². The number of rotatable bonds is 4. The number of nitrogens with zero attached hydrogens (tertiary/aromatic N) is 1. The van der Waals surface area contributed by atoms with Crippen molar-refractivity contribution in [3.05, 3.63) is 58.1 Å². The Morgan fingerprint density at radius 2 is 1.80 bits per heavy atom. The van der Waals surface area contributed by atoms with Gasteiger partial charge in [-0.15, -0.1) is 0 Å². The number of sulfonamides is 1. The Labute approximate surface area is 152 Å². The van der Waals surface area contributed by atoms with Gasteiger partial charge in [0.25, 0.3) is 15.9 Å². The molecule has 1 N–H and O–H groups in total. The van der Waals surface area contributed by atoms with Crippen molar-refractivity contribution in [3.63, 3.8) is 0 Å². The largest absolute Gasteiger partial charge is 0.338 e. The van der Waals surface area contributed by atoms with Gasteiger partial charge in [-0.3, -0.25) is 9.52 Å². The maximum atomic E-state index is 12.7. The van der Waals surface area contributed by atoms with Gasteiger partial charge in [-0.25, -0.2) is 8.42 Å². The molecule has 0 saturated carbocycles. The number of benzene rings is 2. The van der Waals surface area contributed by atoms with Crippen LogP contribution in [0.4, 0.5) is 5.69 Å². The lowest BCUT2D eigenvalue weighted by atomic mass is 10.1. The molecule has 0 unspecified atom stereocenters. The highest BCUT2D eigenvalue weighted by Gasteiger charge is 2.25. The van der Waals surface area contributed by atoms with Crippen molar-refractivity contribution >= 4 is 33.2 Å². The molecule has 132 valence electrons. The number of aryl methyl sites for hydroxylation is 2. The molecular weight excluding hydrogens is 360 g/mol. The summed E-state index contributed by atoms with van der Waals surface area (Å²) in [7, 11) is -3.81. The summed E-state index contributed by atoms with van der Waals surface area (Å²) in [6.07, 6.45) is 0.954. The molecule has 0 aromatic heterocycles. The molecular formula is C18H19ClN2O3S. The second-order valence-electron chi connectivity index (χ2n) is 6.19. The summed E-state index contributed by atoms with van der Waals surface area (Å²) in [5.41, 5.74) is 2.76. The average Bonchev–Trinajstić information content (AvgIpc) is 2.49. The van der Waals surface area contributed by atoms with Gasteiger partial charge < -0.3 is 4.90 Å². The standard InChI is InChI=1S/C18H19ClN2O3S/c1-12-4-5-14(10-13(12)2)20-25(23,24)15-6-7-17(19)16(11-15)18(22)21-8-3-9-21/h4-7,10-11,20H,3,8-9H2,1-2H3. The zero-order valence-corrected chi connectivity index (χ0v) is 15.6. The minimum Gasteiger partial charge on any atom is -0.338 e. The van der Waals surface area contributed by atoms with Gasteiger partial charge in [0.05, 0.1) is 15.5 Å². The molecule has 1 heterocycles. The smallest absolute Gasteiger partial charge is 0.261 e. The van der Waals surface area contributed by atoms with Crippen LogP contribution in [0.15, 0.2) is 41.3 Å². The van der Waals surface area contributed by atoms with Crippen LogP contribution in [0.1, 0.15) is 27.9 Å². The summed E-state index contributed by atoms with van der Waals surface area (Å²) in [4.78, 5) is 14.1. The second kappa shape index (κ2) is 6.69. The Morgan fingerprint density at radius 1 is 1.08 bits per heavy atom. The number of hydrogen-bond donors (Lipinski definition) is 1. The van der Waals surface area contributed by atoms with E-state index in [1.807, 2.05) is 19.9 Å². The third-order valence-electron chi connectivity index (χ3n) is 4.38. The minimum atomic E-state index is -3.81. The van der Waals surface area contributed by atoms with Crippen molar-refractivity contribution in [1.29, 1.82) is 0 Å². The van der Waals surface area contributed by atoms with Crippen LogP contribution >= 0.6 is 11.6 Å². The molecule has 7 heteroatoms. The topological polar surface area (TPSA) is 66.5 Å². The van der Waals surface area contributed by atoms with E-state index in [0.29, 0.717) is 18.8 Å². The molecule has 1 aliphatic rings. The molecule has 0 atom stereocenters. The Bertz CT molecular complexity index is 937. The second-order valence-corrected chi connectivity index (χ2v) is 8.28. The van der Waals surface area contributed by atoms with Gasteiger partial charge in [-0.1, -0.05) is 17.7 Å². The zero-order valence-electron chi connectivity index (χ0n) is 14.0. The molecule has 2 aromatic carbocycles. The number of hydrogen-bond acceptors (Lipinski definition) is 3. The SMILES string of the molecule is Cc1ccc(NS(=O)(=O)c2ccc(Cl)c(C(=O)N3CCC3)c2)cc1C. The fraction of sp³-hybridized carbons (Fsp3) is 0.278. The van der Waals surface area contributed by atoms with Gasteiger partial charge in [-0.05, 0) is 61.7 Å². The molecule has 1 fully saturated rings. The maximum Gasteiger partial charge on any atom is 0.261 e. The molecule has 0 radical (unpaired) electrons. The van der Waals surface area contributed by atoms with E-state index in [0.717, 1.165) is 17.5 Å². The predicted molar refractivity (Wildman–Crippen MR) is 98.7 cm³/mol. The van der Waals surface area contributed by atoms with Crippen molar-refractivity contribution in [2.75, 3.05) is 17.8 Å². The number of carbonyl (C=O) groups excluding carboxylic acids is 1. The van der Waals surface area contributed by atoms with Crippen LogP contribution in [0, 0.1) is 13.8 Å². The lowest BCUT2D eigenvalue weighted by Gasteiger charge is -2.31. The molecule has 5 nitrogen and oxygen atoms in total. The number of anilines is 1. The van der Waals surface area contributed by atoms with Crippen molar-refractivity contribution in [1.82, 2.24) is 4.90 Å². The zero-order chi connectivity index (χ0) is 18.2. The monoisotopic (exact) mass is 378 g/mol. The first-order chi connectivity index (χ1) is 11.8. The highest BCUT2D eigenvalue weighted by Crippen LogP contribution is 2.25. The number of likely N-dealkylation sites (tertiary alicyclic amines) is 1. The number of amides is 1. The third-order valence-corrected chi connectivity index (χ3v) is 6.09. The predicted octanol–water partition coefficient (Wildman–Crippen LogP) is 3.60. The van der Waals surface area contributed by atoms with Crippen LogP contribution in [-0.4, -0.2) is 32.3 Å². The summed E-state index contributed by atoms with van der Waals surface area (Å²) in [5.74, 6) is -0.237. The van der Waals surface area contributed by atoms with Crippen molar-refractivity contribution in [2.24, 2.45) is 0 Å². The summed E-state index contributed by atoms with van der Waals surface area (Å²) < 4.78 is 27.9. The first-order valence-electron chi connectivity index (χ1n) is 7.97. The molecule has 1 saturated heterocycles. The van der Waals surface area contributed by atoms with Gasteiger partial charge in [0.1, 0.15) is 0 Å². The molecule has 1 aliphatic heterocycles. The van der Waals surface area contributed by atoms with E-state index in [2.05, 4.69) is 4.72 Å². The van der Waals surface area contributed by atoms with Gasteiger partial charge in [0.15, 0.2) is 0 Å². The van der Waals surface area contributed by atoms with Crippen LogP contribution in [0.3, 0.4) is 0 Å². The lowest BCUT2D eigenvalue weighted by molar-refractivity contribution is 0.0652. The summed E-state index contributed by atoms with van der Waals surface area (Å²) in [5, 5.41) is 0.252. The van der Waals surface area contributed by atoms with E-state index in [1.165, 1.54) is 18.2 Å². The molecule has 2 aromatic rings. The van der Waals surface area contributed by atoms with Crippen LogP contribution < -0.4 is 4.72 Å². The average molecular weight is 379 g/mol. The highest BCUT2D eigenvalue weighted by molar-refractivity contribution is 7.92. The summed E-state index contributed by atoms with van der Waals surface area (Å²) in [6.45, 7) is 5.22. The van der Waals surface area contributed by atoms with E-state index in [9.17, 15) is 13.2 Å². The van der Waals surface area contributed by atoms with Crippen LogP contribution in [0.2, 0.25) is 5.02 Å². The summed E-state index contributed by atoms with van der Waals surface area (Å²) in [6, 6.07) is 9.53. The Balaban J connectivity index is 1.91. The number of carbonyl (C=O) groups is 1. The lowest BCUT2D eigenvalue weighted by Crippen LogP contribution is -2.42. The number of halogens is 1. The van der Waals surface area contributed by atoms with Gasteiger partial charge >= 0.3 is 0 Å². The molecule has 3 rings (SSSR count). The molecule has 25 heavy (non-hydrogen) atoms. The normalized spacial score (nSPS) is 14.1. The van der Waals surface area contributed by atoms with E-state index in [4.69, 9.17) is 11.6 Å². The maximum absolute atomic E-state index is 12.7. The first-order valence-corrected chi connectivity index (χ1v) is 9.83. The van der Waals surface area contributed by atoms with Gasteiger partial charge in [0.2, 0.25) is 0 Å². The number of nitrogens with one attached hydrogen (secondary N) is 1. The Morgan fingerprint density at radius 3 is 2.40 bits per heavy atom. The fourth-order valence-electron chi connectivity index (χ4n) is 2.54. The van der Waals surface area contributed by atoms with Gasteiger partial charge in [0, 0.05) is 18.8 Å². The first kappa shape index (κ1) is 17.8. The highest BCUT2D eigenvalue weighted by atomic mass is 35.5. The van der Waals surface area contributed by atoms with E-state index in [1.54, 1.807) is 17.0 Å². The van der Waals surface area contributed by atoms with Crippen molar-refractivity contribution in [3.8, 4) is 0 Å². The Kier molecular flexibility index (Phi) is 4.75. The van der Waals surface area contributed by atoms with Crippen LogP contribution in [-0.2, 0) is 10.0 Å².